The number of nitrogens with zero attached hydrogens (tertiary/aromatic N) is 2. The molecule has 3 amide bonds. The average Bonchev–Trinajstić information content (AvgIpc) is 3.32. The van der Waals surface area contributed by atoms with Crippen molar-refractivity contribution in [2.45, 2.75) is 13.0 Å². The zero-order chi connectivity index (χ0) is 20.1. The van der Waals surface area contributed by atoms with Crippen LogP contribution in [0.1, 0.15) is 12.2 Å². The van der Waals surface area contributed by atoms with Crippen molar-refractivity contribution >= 4 is 23.4 Å². The van der Waals surface area contributed by atoms with E-state index in [1.807, 2.05) is 0 Å². The van der Waals surface area contributed by atoms with E-state index in [1.165, 1.54) is 4.90 Å². The summed E-state index contributed by atoms with van der Waals surface area (Å²) < 4.78 is 10.3. The first-order chi connectivity index (χ1) is 13.5. The fraction of sp³-hybridized carbons (Fsp3) is 0.350. The molecule has 2 aromatic rings. The maximum Gasteiger partial charge on any atom is 0.243 e. The number of benzene rings is 1. The molecular weight excluding hydrogens is 362 g/mol. The Morgan fingerprint density at radius 2 is 2.04 bits per heavy atom. The SMILES string of the molecule is COc1ccc(NC(=O)CN(C)C(=O)C2CC(=O)N(Cc3ccco3)C2)cc1. The highest BCUT2D eigenvalue weighted by molar-refractivity contribution is 5.96. The molecule has 1 aromatic carbocycles. The zero-order valence-corrected chi connectivity index (χ0v) is 15.9. The number of carbonyl (C=O) groups is 3. The van der Waals surface area contributed by atoms with Crippen LogP contribution in [-0.4, -0.2) is 54.8 Å². The molecule has 1 N–H and O–H groups in total. The van der Waals surface area contributed by atoms with Gasteiger partial charge in [0, 0.05) is 25.7 Å². The summed E-state index contributed by atoms with van der Waals surface area (Å²) in [5.41, 5.74) is 0.618. The Balaban J connectivity index is 1.50. The van der Waals surface area contributed by atoms with E-state index in [2.05, 4.69) is 5.32 Å². The maximum atomic E-state index is 12.6. The quantitative estimate of drug-likeness (QED) is 0.784. The summed E-state index contributed by atoms with van der Waals surface area (Å²) in [6, 6.07) is 10.5. The van der Waals surface area contributed by atoms with Crippen molar-refractivity contribution < 1.29 is 23.5 Å². The van der Waals surface area contributed by atoms with Crippen molar-refractivity contribution in [2.24, 2.45) is 5.92 Å². The number of amides is 3. The lowest BCUT2D eigenvalue weighted by molar-refractivity contribution is -0.137. The van der Waals surface area contributed by atoms with Gasteiger partial charge in [-0.05, 0) is 36.4 Å². The molecule has 1 atom stereocenters. The van der Waals surface area contributed by atoms with Gasteiger partial charge < -0.3 is 24.3 Å². The standard InChI is InChI=1S/C20H23N3O5/c1-22(13-18(24)21-15-5-7-16(27-2)8-6-15)20(26)14-10-19(25)23(11-14)12-17-4-3-9-28-17/h3-9,14H,10-13H2,1-2H3,(H,21,24). The van der Waals surface area contributed by atoms with Gasteiger partial charge in [-0.3, -0.25) is 14.4 Å². The lowest BCUT2D eigenvalue weighted by atomic mass is 10.1. The smallest absolute Gasteiger partial charge is 0.243 e. The van der Waals surface area contributed by atoms with Gasteiger partial charge in [-0.2, -0.15) is 0 Å². The summed E-state index contributed by atoms with van der Waals surface area (Å²) in [5, 5.41) is 2.74. The Labute approximate surface area is 163 Å². The number of methoxy groups -OCH3 is 1. The second kappa shape index (κ2) is 8.60. The molecule has 1 fully saturated rings. The van der Waals surface area contributed by atoms with Crippen LogP contribution in [0, 0.1) is 5.92 Å². The zero-order valence-electron chi connectivity index (χ0n) is 15.9. The summed E-state index contributed by atoms with van der Waals surface area (Å²) in [4.78, 5) is 40.0. The van der Waals surface area contributed by atoms with E-state index in [0.29, 0.717) is 30.3 Å². The molecule has 0 bridgehead atoms. The van der Waals surface area contributed by atoms with Gasteiger partial charge in [0.2, 0.25) is 17.7 Å². The van der Waals surface area contributed by atoms with Crippen LogP contribution < -0.4 is 10.1 Å². The molecule has 1 aliphatic heterocycles. The Morgan fingerprint density at radius 3 is 2.68 bits per heavy atom. The number of carbonyl (C=O) groups excluding carboxylic acids is 3. The highest BCUT2D eigenvalue weighted by Gasteiger charge is 2.36. The number of nitrogens with one attached hydrogen (secondary N) is 1. The van der Waals surface area contributed by atoms with Crippen molar-refractivity contribution in [3.63, 3.8) is 0 Å². The van der Waals surface area contributed by atoms with Gasteiger partial charge in [0.05, 0.1) is 32.4 Å². The van der Waals surface area contributed by atoms with Crippen molar-refractivity contribution in [2.75, 3.05) is 32.6 Å². The number of hydrogen-bond donors (Lipinski definition) is 1. The maximum absolute atomic E-state index is 12.6. The van der Waals surface area contributed by atoms with Crippen molar-refractivity contribution in [1.82, 2.24) is 9.80 Å². The molecule has 8 heteroatoms. The third-order valence-corrected chi connectivity index (χ3v) is 4.62. The molecule has 148 valence electrons. The highest BCUT2D eigenvalue weighted by Crippen LogP contribution is 2.22. The van der Waals surface area contributed by atoms with E-state index in [0.717, 1.165) is 0 Å². The monoisotopic (exact) mass is 385 g/mol. The van der Waals surface area contributed by atoms with E-state index >= 15 is 0 Å². The predicted molar refractivity (Wildman–Crippen MR) is 101 cm³/mol. The molecular formula is C20H23N3O5. The third-order valence-electron chi connectivity index (χ3n) is 4.62. The molecule has 1 aliphatic rings. The molecule has 1 unspecified atom stereocenters. The van der Waals surface area contributed by atoms with Gasteiger partial charge in [0.15, 0.2) is 0 Å². The summed E-state index contributed by atoms with van der Waals surface area (Å²) in [7, 11) is 3.13. The van der Waals surface area contributed by atoms with Crippen molar-refractivity contribution in [1.29, 1.82) is 0 Å². The van der Waals surface area contributed by atoms with Crippen LogP contribution in [0.25, 0.3) is 0 Å². The second-order valence-electron chi connectivity index (χ2n) is 6.73. The van der Waals surface area contributed by atoms with Crippen LogP contribution in [0.2, 0.25) is 0 Å². The summed E-state index contributed by atoms with van der Waals surface area (Å²) in [6.07, 6.45) is 1.69. The predicted octanol–water partition coefficient (Wildman–Crippen LogP) is 1.73. The first-order valence-corrected chi connectivity index (χ1v) is 8.95. The molecule has 28 heavy (non-hydrogen) atoms. The molecule has 1 saturated heterocycles. The number of ether oxygens (including phenoxy) is 1. The van der Waals surface area contributed by atoms with E-state index in [4.69, 9.17) is 9.15 Å². The van der Waals surface area contributed by atoms with Gasteiger partial charge in [-0.1, -0.05) is 0 Å². The number of anilines is 1. The summed E-state index contributed by atoms with van der Waals surface area (Å²) in [6.45, 7) is 0.577. The van der Waals surface area contributed by atoms with Crippen LogP contribution in [0.5, 0.6) is 5.75 Å². The largest absolute Gasteiger partial charge is 0.497 e. The minimum absolute atomic E-state index is 0.0895. The van der Waals surface area contributed by atoms with Crippen molar-refractivity contribution in [3.8, 4) is 5.75 Å². The van der Waals surface area contributed by atoms with E-state index < -0.39 is 5.92 Å². The van der Waals surface area contributed by atoms with Gasteiger partial charge in [0.1, 0.15) is 11.5 Å². The number of hydrogen-bond acceptors (Lipinski definition) is 5. The lowest BCUT2D eigenvalue weighted by Crippen LogP contribution is -2.39. The lowest BCUT2D eigenvalue weighted by Gasteiger charge is -2.21. The first kappa shape index (κ1) is 19.5. The van der Waals surface area contributed by atoms with Crippen LogP contribution in [0.15, 0.2) is 47.1 Å². The number of likely N-dealkylation sites (N-methyl/N-ethyl adjacent to an activating group) is 1. The number of rotatable bonds is 7. The Bertz CT molecular complexity index is 832. The van der Waals surface area contributed by atoms with Gasteiger partial charge in [-0.25, -0.2) is 0 Å². The van der Waals surface area contributed by atoms with Crippen LogP contribution in [0.3, 0.4) is 0 Å². The molecule has 0 saturated carbocycles. The Morgan fingerprint density at radius 1 is 1.29 bits per heavy atom. The summed E-state index contributed by atoms with van der Waals surface area (Å²) in [5.74, 6) is 0.286. The van der Waals surface area contributed by atoms with Gasteiger partial charge in [0.25, 0.3) is 0 Å². The molecule has 2 heterocycles. The van der Waals surface area contributed by atoms with Gasteiger partial charge in [-0.15, -0.1) is 0 Å². The van der Waals surface area contributed by atoms with Gasteiger partial charge >= 0.3 is 0 Å². The highest BCUT2D eigenvalue weighted by atomic mass is 16.5. The Kier molecular flexibility index (Phi) is 5.98. The molecule has 0 aliphatic carbocycles. The molecule has 8 nitrogen and oxygen atoms in total. The fourth-order valence-electron chi connectivity index (χ4n) is 3.16. The molecule has 3 rings (SSSR count). The molecule has 0 spiro atoms. The fourth-order valence-corrected chi connectivity index (χ4v) is 3.16. The second-order valence-corrected chi connectivity index (χ2v) is 6.73. The van der Waals surface area contributed by atoms with Crippen LogP contribution in [0.4, 0.5) is 5.69 Å². The number of furan rings is 1. The minimum Gasteiger partial charge on any atom is -0.497 e. The molecule has 0 radical (unpaired) electrons. The van der Waals surface area contributed by atoms with E-state index in [-0.39, 0.29) is 30.7 Å². The third kappa shape index (κ3) is 4.70. The van der Waals surface area contributed by atoms with Crippen LogP contribution >= 0.6 is 0 Å². The topological polar surface area (TPSA) is 92.1 Å². The van der Waals surface area contributed by atoms with E-state index in [1.54, 1.807) is 61.7 Å². The average molecular weight is 385 g/mol. The van der Waals surface area contributed by atoms with Crippen molar-refractivity contribution in [3.05, 3.63) is 48.4 Å². The normalized spacial score (nSPS) is 16.1. The van der Waals surface area contributed by atoms with Crippen LogP contribution in [-0.2, 0) is 20.9 Å². The summed E-state index contributed by atoms with van der Waals surface area (Å²) >= 11 is 0. The number of likely N-dealkylation sites (tertiary alicyclic amines) is 1. The first-order valence-electron chi connectivity index (χ1n) is 8.95. The Hall–Kier alpha value is -3.29. The molecule has 1 aromatic heterocycles. The van der Waals surface area contributed by atoms with E-state index in [9.17, 15) is 14.4 Å². The minimum atomic E-state index is -0.457.